The molecule has 0 spiro atoms. The van der Waals surface area contributed by atoms with Gasteiger partial charge in [-0.1, -0.05) is 20.8 Å². The van der Waals surface area contributed by atoms with E-state index in [4.69, 9.17) is 10.5 Å². The lowest BCUT2D eigenvalue weighted by molar-refractivity contribution is -0.0310. The molecule has 3 nitrogen and oxygen atoms in total. The fourth-order valence-electron chi connectivity index (χ4n) is 3.65. The average molecular weight is 254 g/mol. The van der Waals surface area contributed by atoms with Crippen molar-refractivity contribution in [3.05, 3.63) is 0 Å². The molecule has 1 aliphatic heterocycles. The zero-order chi connectivity index (χ0) is 13.2. The smallest absolute Gasteiger partial charge is 0.0590 e. The fourth-order valence-corrected chi connectivity index (χ4v) is 3.65. The molecule has 2 rings (SSSR count). The van der Waals surface area contributed by atoms with Crippen LogP contribution in [0.15, 0.2) is 0 Å². The van der Waals surface area contributed by atoms with Crippen molar-refractivity contribution in [3.8, 4) is 0 Å². The summed E-state index contributed by atoms with van der Waals surface area (Å²) in [5, 5.41) is 3.90. The van der Waals surface area contributed by atoms with Crippen LogP contribution in [0, 0.1) is 5.41 Å². The first kappa shape index (κ1) is 14.3. The molecule has 2 aliphatic rings. The summed E-state index contributed by atoms with van der Waals surface area (Å²) in [6.45, 7) is 8.56. The molecule has 1 saturated carbocycles. The van der Waals surface area contributed by atoms with Gasteiger partial charge in [-0.15, -0.1) is 0 Å². The normalized spacial score (nSPS) is 40.0. The maximum absolute atomic E-state index is 6.08. The van der Waals surface area contributed by atoms with Gasteiger partial charge in [0.25, 0.3) is 0 Å². The predicted molar refractivity (Wildman–Crippen MR) is 75.6 cm³/mol. The number of ether oxygens (including phenoxy) is 1. The Balaban J connectivity index is 1.96. The Morgan fingerprint density at radius 2 is 2.06 bits per heavy atom. The highest BCUT2D eigenvalue weighted by Crippen LogP contribution is 2.38. The largest absolute Gasteiger partial charge is 0.378 e. The lowest BCUT2D eigenvalue weighted by Gasteiger charge is -2.43. The van der Waals surface area contributed by atoms with Gasteiger partial charge in [0, 0.05) is 24.7 Å². The van der Waals surface area contributed by atoms with E-state index in [1.807, 2.05) is 0 Å². The molecule has 0 aromatic rings. The highest BCUT2D eigenvalue weighted by Gasteiger charge is 2.40. The van der Waals surface area contributed by atoms with Crippen molar-refractivity contribution in [1.82, 2.24) is 5.32 Å². The first-order valence-electron chi connectivity index (χ1n) is 7.58. The standard InChI is InChI=1S/C15H30N2O/c1-4-13-10-15(11-16,7-8-18-13)17-12-5-6-14(2,3)9-12/h12-13,17H,4-11,16H2,1-3H3. The van der Waals surface area contributed by atoms with E-state index >= 15 is 0 Å². The third kappa shape index (κ3) is 3.25. The highest BCUT2D eigenvalue weighted by molar-refractivity contribution is 4.99. The van der Waals surface area contributed by atoms with Crippen molar-refractivity contribution in [1.29, 1.82) is 0 Å². The van der Waals surface area contributed by atoms with E-state index in [2.05, 4.69) is 26.1 Å². The van der Waals surface area contributed by atoms with Gasteiger partial charge >= 0.3 is 0 Å². The van der Waals surface area contributed by atoms with Crippen LogP contribution in [0.2, 0.25) is 0 Å². The Morgan fingerprint density at radius 3 is 2.61 bits per heavy atom. The van der Waals surface area contributed by atoms with Crippen molar-refractivity contribution in [2.75, 3.05) is 13.2 Å². The molecular weight excluding hydrogens is 224 g/mol. The van der Waals surface area contributed by atoms with Crippen LogP contribution in [0.5, 0.6) is 0 Å². The van der Waals surface area contributed by atoms with Gasteiger partial charge in [-0.25, -0.2) is 0 Å². The molecule has 18 heavy (non-hydrogen) atoms. The molecule has 3 unspecified atom stereocenters. The minimum atomic E-state index is 0.129. The van der Waals surface area contributed by atoms with Crippen LogP contribution in [-0.4, -0.2) is 30.8 Å². The SMILES string of the molecule is CCC1CC(CN)(NC2CCC(C)(C)C2)CCO1. The van der Waals surface area contributed by atoms with E-state index in [-0.39, 0.29) is 5.54 Å². The first-order chi connectivity index (χ1) is 8.49. The monoisotopic (exact) mass is 254 g/mol. The molecule has 1 heterocycles. The van der Waals surface area contributed by atoms with Crippen molar-refractivity contribution in [2.45, 2.75) is 77.0 Å². The summed E-state index contributed by atoms with van der Waals surface area (Å²) >= 11 is 0. The van der Waals surface area contributed by atoms with Gasteiger partial charge in [-0.05, 0) is 43.9 Å². The Hall–Kier alpha value is -0.120. The van der Waals surface area contributed by atoms with Crippen LogP contribution in [0.1, 0.15) is 59.3 Å². The summed E-state index contributed by atoms with van der Waals surface area (Å²) in [5.74, 6) is 0. The van der Waals surface area contributed by atoms with Crippen molar-refractivity contribution in [3.63, 3.8) is 0 Å². The number of nitrogens with two attached hydrogens (primary N) is 1. The van der Waals surface area contributed by atoms with Crippen LogP contribution in [0.25, 0.3) is 0 Å². The average Bonchev–Trinajstić information content (AvgIpc) is 2.68. The molecule has 3 atom stereocenters. The van der Waals surface area contributed by atoms with Crippen LogP contribution in [0.3, 0.4) is 0 Å². The fraction of sp³-hybridized carbons (Fsp3) is 1.00. The van der Waals surface area contributed by atoms with Crippen LogP contribution in [-0.2, 0) is 4.74 Å². The minimum absolute atomic E-state index is 0.129. The molecule has 3 heteroatoms. The Morgan fingerprint density at radius 1 is 1.28 bits per heavy atom. The van der Waals surface area contributed by atoms with Crippen LogP contribution < -0.4 is 11.1 Å². The maximum Gasteiger partial charge on any atom is 0.0590 e. The van der Waals surface area contributed by atoms with Gasteiger partial charge in [0.05, 0.1) is 6.10 Å². The minimum Gasteiger partial charge on any atom is -0.378 e. The van der Waals surface area contributed by atoms with E-state index in [1.165, 1.54) is 19.3 Å². The third-order valence-corrected chi connectivity index (χ3v) is 4.88. The third-order valence-electron chi connectivity index (χ3n) is 4.88. The summed E-state index contributed by atoms with van der Waals surface area (Å²) in [6.07, 6.45) is 7.55. The van der Waals surface area contributed by atoms with E-state index in [0.29, 0.717) is 17.6 Å². The summed E-state index contributed by atoms with van der Waals surface area (Å²) in [5.41, 5.74) is 6.71. The van der Waals surface area contributed by atoms with E-state index in [1.54, 1.807) is 0 Å². The maximum atomic E-state index is 6.08. The predicted octanol–water partition coefficient (Wildman–Crippen LogP) is 2.44. The zero-order valence-corrected chi connectivity index (χ0v) is 12.3. The quantitative estimate of drug-likeness (QED) is 0.810. The lowest BCUT2D eigenvalue weighted by Crippen LogP contribution is -2.59. The van der Waals surface area contributed by atoms with Crippen LogP contribution in [0.4, 0.5) is 0 Å². The first-order valence-corrected chi connectivity index (χ1v) is 7.58. The highest BCUT2D eigenvalue weighted by atomic mass is 16.5. The molecule has 3 N–H and O–H groups in total. The lowest BCUT2D eigenvalue weighted by atomic mass is 9.84. The summed E-state index contributed by atoms with van der Waals surface area (Å²) < 4.78 is 5.79. The second-order valence-corrected chi connectivity index (χ2v) is 7.09. The number of hydrogen-bond acceptors (Lipinski definition) is 3. The molecule has 2 fully saturated rings. The zero-order valence-electron chi connectivity index (χ0n) is 12.3. The topological polar surface area (TPSA) is 47.3 Å². The van der Waals surface area contributed by atoms with Gasteiger partial charge in [0.2, 0.25) is 0 Å². The van der Waals surface area contributed by atoms with Gasteiger partial charge < -0.3 is 15.8 Å². The van der Waals surface area contributed by atoms with Gasteiger partial charge in [0.15, 0.2) is 0 Å². The van der Waals surface area contributed by atoms with Gasteiger partial charge in [0.1, 0.15) is 0 Å². The molecule has 1 aliphatic carbocycles. The summed E-state index contributed by atoms with van der Waals surface area (Å²) in [7, 11) is 0. The molecule has 0 radical (unpaired) electrons. The Kier molecular flexibility index (Phi) is 4.35. The molecule has 1 saturated heterocycles. The molecule has 0 aromatic heterocycles. The summed E-state index contributed by atoms with van der Waals surface area (Å²) in [4.78, 5) is 0. The molecule has 0 aromatic carbocycles. The second-order valence-electron chi connectivity index (χ2n) is 7.09. The number of hydrogen-bond donors (Lipinski definition) is 2. The second kappa shape index (κ2) is 5.48. The molecule has 106 valence electrons. The Bertz CT molecular complexity index is 280. The summed E-state index contributed by atoms with van der Waals surface area (Å²) in [6, 6.07) is 0.652. The van der Waals surface area contributed by atoms with Crippen molar-refractivity contribution < 1.29 is 4.74 Å². The van der Waals surface area contributed by atoms with Crippen molar-refractivity contribution in [2.24, 2.45) is 11.1 Å². The van der Waals surface area contributed by atoms with Crippen molar-refractivity contribution >= 4 is 0 Å². The van der Waals surface area contributed by atoms with Gasteiger partial charge in [-0.2, -0.15) is 0 Å². The molecule has 0 bridgehead atoms. The van der Waals surface area contributed by atoms with E-state index in [0.717, 1.165) is 32.4 Å². The Labute approximate surface area is 112 Å². The number of nitrogens with one attached hydrogen (secondary N) is 1. The van der Waals surface area contributed by atoms with E-state index in [9.17, 15) is 0 Å². The van der Waals surface area contributed by atoms with E-state index < -0.39 is 0 Å². The molecule has 0 amide bonds. The number of rotatable bonds is 4. The van der Waals surface area contributed by atoms with Crippen LogP contribution >= 0.6 is 0 Å². The molecular formula is C15H30N2O. The van der Waals surface area contributed by atoms with Gasteiger partial charge in [-0.3, -0.25) is 0 Å².